The van der Waals surface area contributed by atoms with Crippen LogP contribution in [0.15, 0.2) is 21.6 Å². The van der Waals surface area contributed by atoms with E-state index in [1.54, 1.807) is 6.20 Å². The van der Waals surface area contributed by atoms with Crippen molar-refractivity contribution in [2.75, 3.05) is 0 Å². The van der Waals surface area contributed by atoms with Gasteiger partial charge in [0.15, 0.2) is 5.82 Å². The van der Waals surface area contributed by atoms with E-state index in [4.69, 9.17) is 4.52 Å². The van der Waals surface area contributed by atoms with Gasteiger partial charge in [0.25, 0.3) is 5.56 Å². The Labute approximate surface area is 105 Å². The maximum absolute atomic E-state index is 11.5. The van der Waals surface area contributed by atoms with E-state index in [0.29, 0.717) is 18.1 Å². The molecule has 0 aliphatic carbocycles. The summed E-state index contributed by atoms with van der Waals surface area (Å²) < 4.78 is 7.05. The maximum Gasteiger partial charge on any atom is 0.268 e. The molecular weight excluding hydrogens is 323 g/mol. The van der Waals surface area contributed by atoms with Crippen molar-refractivity contribution in [1.29, 1.82) is 0 Å². The van der Waals surface area contributed by atoms with Gasteiger partial charge in [-0.05, 0) is 22.6 Å². The Balaban J connectivity index is 2.23. The van der Waals surface area contributed by atoms with E-state index in [1.165, 1.54) is 10.7 Å². The fourth-order valence-corrected chi connectivity index (χ4v) is 1.55. The summed E-state index contributed by atoms with van der Waals surface area (Å²) in [7, 11) is 0. The molecule has 0 atom stereocenters. The molecule has 0 aromatic carbocycles. The van der Waals surface area contributed by atoms with E-state index in [2.05, 4.69) is 15.2 Å². The molecule has 2 rings (SSSR count). The molecule has 0 unspecified atom stereocenters. The molecule has 0 amide bonds. The zero-order valence-electron chi connectivity index (χ0n) is 8.55. The fraction of sp³-hybridized carbons (Fsp3) is 0.333. The van der Waals surface area contributed by atoms with E-state index in [0.717, 1.165) is 3.57 Å². The highest BCUT2D eigenvalue weighted by Crippen LogP contribution is 2.00. The van der Waals surface area contributed by atoms with Gasteiger partial charge in [-0.1, -0.05) is 12.1 Å². The Morgan fingerprint density at radius 3 is 3.00 bits per heavy atom. The summed E-state index contributed by atoms with van der Waals surface area (Å²) in [4.78, 5) is 15.6. The number of halogens is 1. The zero-order valence-corrected chi connectivity index (χ0v) is 10.7. The number of hydrogen-bond donors (Lipinski definition) is 0. The van der Waals surface area contributed by atoms with Gasteiger partial charge in [-0.3, -0.25) is 4.79 Å². The quantitative estimate of drug-likeness (QED) is 0.779. The van der Waals surface area contributed by atoms with Gasteiger partial charge in [-0.15, -0.1) is 0 Å². The van der Waals surface area contributed by atoms with Gasteiger partial charge in [0.1, 0.15) is 6.54 Å². The van der Waals surface area contributed by atoms with Gasteiger partial charge in [-0.2, -0.15) is 10.1 Å². The largest absolute Gasteiger partial charge is 0.339 e. The van der Waals surface area contributed by atoms with Crippen molar-refractivity contribution in [2.24, 2.45) is 0 Å². The standard InChI is InChI=1S/C9H9IN4O2/c1-2-8-12-7(13-16-8)5-14-9(15)3-6(10)4-11-14/h3-4H,2,5H2,1H3. The molecule has 0 aliphatic heterocycles. The molecule has 16 heavy (non-hydrogen) atoms. The summed E-state index contributed by atoms with van der Waals surface area (Å²) in [6, 6.07) is 1.51. The van der Waals surface area contributed by atoms with Crippen LogP contribution in [0.3, 0.4) is 0 Å². The number of nitrogens with zero attached hydrogens (tertiary/aromatic N) is 4. The second kappa shape index (κ2) is 4.73. The highest BCUT2D eigenvalue weighted by Gasteiger charge is 2.06. The molecule has 2 aromatic rings. The predicted octanol–water partition coefficient (Wildman–Crippen LogP) is 0.842. The van der Waals surface area contributed by atoms with Crippen LogP contribution in [-0.4, -0.2) is 19.9 Å². The number of aryl methyl sites for hydroxylation is 1. The topological polar surface area (TPSA) is 73.8 Å². The zero-order chi connectivity index (χ0) is 11.5. The molecule has 0 saturated heterocycles. The third kappa shape index (κ3) is 2.46. The fourth-order valence-electron chi connectivity index (χ4n) is 1.16. The lowest BCUT2D eigenvalue weighted by Gasteiger charge is -1.99. The van der Waals surface area contributed by atoms with Gasteiger partial charge in [0.05, 0.1) is 6.20 Å². The molecule has 0 spiro atoms. The van der Waals surface area contributed by atoms with E-state index in [9.17, 15) is 4.79 Å². The first kappa shape index (κ1) is 11.2. The molecule has 0 radical (unpaired) electrons. The van der Waals surface area contributed by atoms with Crippen molar-refractivity contribution >= 4 is 22.6 Å². The molecule has 7 heteroatoms. The first-order valence-electron chi connectivity index (χ1n) is 4.73. The van der Waals surface area contributed by atoms with Crippen molar-refractivity contribution in [2.45, 2.75) is 19.9 Å². The third-order valence-corrected chi connectivity index (χ3v) is 2.53. The Morgan fingerprint density at radius 1 is 1.56 bits per heavy atom. The summed E-state index contributed by atoms with van der Waals surface area (Å²) >= 11 is 2.04. The summed E-state index contributed by atoms with van der Waals surface area (Å²) in [6.07, 6.45) is 2.30. The molecule has 0 saturated carbocycles. The predicted molar refractivity (Wildman–Crippen MR) is 64.0 cm³/mol. The highest BCUT2D eigenvalue weighted by atomic mass is 127. The minimum atomic E-state index is -0.172. The van der Waals surface area contributed by atoms with Gasteiger partial charge >= 0.3 is 0 Å². The van der Waals surface area contributed by atoms with Crippen LogP contribution in [0.4, 0.5) is 0 Å². The van der Waals surface area contributed by atoms with Crippen LogP contribution in [0, 0.1) is 3.57 Å². The van der Waals surface area contributed by atoms with Crippen LogP contribution in [0.2, 0.25) is 0 Å². The van der Waals surface area contributed by atoms with E-state index in [1.807, 2.05) is 29.5 Å². The summed E-state index contributed by atoms with van der Waals surface area (Å²) in [6.45, 7) is 2.16. The Morgan fingerprint density at radius 2 is 2.38 bits per heavy atom. The average molecular weight is 332 g/mol. The van der Waals surface area contributed by atoms with Crippen LogP contribution in [-0.2, 0) is 13.0 Å². The number of rotatable bonds is 3. The molecule has 6 nitrogen and oxygen atoms in total. The van der Waals surface area contributed by atoms with E-state index in [-0.39, 0.29) is 12.1 Å². The Hall–Kier alpha value is -1.25. The molecule has 84 valence electrons. The van der Waals surface area contributed by atoms with Crippen molar-refractivity contribution in [3.05, 3.63) is 37.9 Å². The monoisotopic (exact) mass is 332 g/mol. The van der Waals surface area contributed by atoms with Crippen LogP contribution in [0.1, 0.15) is 18.6 Å². The third-order valence-electron chi connectivity index (χ3n) is 1.94. The molecule has 0 N–H and O–H groups in total. The van der Waals surface area contributed by atoms with Gasteiger partial charge in [0, 0.05) is 16.1 Å². The summed E-state index contributed by atoms with van der Waals surface area (Å²) in [5.74, 6) is 1.03. The van der Waals surface area contributed by atoms with E-state index >= 15 is 0 Å². The molecular formula is C9H9IN4O2. The molecule has 2 aromatic heterocycles. The Bertz CT molecular complexity index is 548. The summed E-state index contributed by atoms with van der Waals surface area (Å²) in [5.41, 5.74) is -0.172. The Kier molecular flexibility index (Phi) is 3.32. The second-order valence-corrected chi connectivity index (χ2v) is 4.37. The highest BCUT2D eigenvalue weighted by molar-refractivity contribution is 14.1. The van der Waals surface area contributed by atoms with Crippen molar-refractivity contribution in [3.63, 3.8) is 0 Å². The minimum Gasteiger partial charge on any atom is -0.339 e. The van der Waals surface area contributed by atoms with Crippen LogP contribution >= 0.6 is 22.6 Å². The van der Waals surface area contributed by atoms with Crippen molar-refractivity contribution in [3.8, 4) is 0 Å². The lowest BCUT2D eigenvalue weighted by molar-refractivity contribution is 0.374. The smallest absolute Gasteiger partial charge is 0.268 e. The van der Waals surface area contributed by atoms with Crippen LogP contribution in [0.25, 0.3) is 0 Å². The second-order valence-electron chi connectivity index (χ2n) is 3.13. The van der Waals surface area contributed by atoms with E-state index < -0.39 is 0 Å². The maximum atomic E-state index is 11.5. The lowest BCUT2D eigenvalue weighted by Crippen LogP contribution is -2.23. The molecule has 0 aliphatic rings. The number of hydrogen-bond acceptors (Lipinski definition) is 5. The SMILES string of the molecule is CCc1nc(Cn2ncc(I)cc2=O)no1. The summed E-state index contributed by atoms with van der Waals surface area (Å²) in [5, 5.41) is 7.74. The minimum absolute atomic E-state index is 0.172. The van der Waals surface area contributed by atoms with Gasteiger partial charge in [0.2, 0.25) is 5.89 Å². The van der Waals surface area contributed by atoms with Crippen LogP contribution < -0.4 is 5.56 Å². The lowest BCUT2D eigenvalue weighted by atomic mass is 10.5. The first-order chi connectivity index (χ1) is 7.69. The molecule has 0 fully saturated rings. The van der Waals surface area contributed by atoms with Crippen molar-refractivity contribution < 1.29 is 4.52 Å². The van der Waals surface area contributed by atoms with Crippen molar-refractivity contribution in [1.82, 2.24) is 19.9 Å². The van der Waals surface area contributed by atoms with Gasteiger partial charge < -0.3 is 4.52 Å². The molecule has 2 heterocycles. The number of aromatic nitrogens is 4. The average Bonchev–Trinajstić information content (AvgIpc) is 2.70. The van der Waals surface area contributed by atoms with Crippen LogP contribution in [0.5, 0.6) is 0 Å². The normalized spacial score (nSPS) is 10.6. The van der Waals surface area contributed by atoms with Gasteiger partial charge in [-0.25, -0.2) is 4.68 Å². The first-order valence-corrected chi connectivity index (χ1v) is 5.81. The molecule has 0 bridgehead atoms.